The predicted molar refractivity (Wildman–Crippen MR) is 97.6 cm³/mol. The lowest BCUT2D eigenvalue weighted by atomic mass is 10.2. The number of amides is 1. The van der Waals surface area contributed by atoms with Crippen molar-refractivity contribution in [1.29, 1.82) is 0 Å². The molecular formula is C17H16ClFN2O5S. The fourth-order valence-electron chi connectivity index (χ4n) is 2.13. The molecule has 0 fully saturated rings. The van der Waals surface area contributed by atoms with Crippen molar-refractivity contribution in [1.82, 2.24) is 4.31 Å². The molecule has 0 unspecified atom stereocenters. The summed E-state index contributed by atoms with van der Waals surface area (Å²) in [6.07, 6.45) is 0. The van der Waals surface area contributed by atoms with Gasteiger partial charge in [0, 0.05) is 7.05 Å². The van der Waals surface area contributed by atoms with Gasteiger partial charge in [-0.1, -0.05) is 11.6 Å². The Balaban J connectivity index is 2.13. The Morgan fingerprint density at radius 3 is 2.41 bits per heavy atom. The van der Waals surface area contributed by atoms with Crippen LogP contribution in [0.4, 0.5) is 10.1 Å². The number of benzene rings is 2. The number of halogens is 2. The minimum absolute atomic E-state index is 0.136. The normalized spacial score (nSPS) is 11.3. The molecule has 0 bridgehead atoms. The summed E-state index contributed by atoms with van der Waals surface area (Å²) in [7, 11) is -1.55. The summed E-state index contributed by atoms with van der Waals surface area (Å²) in [6, 6.07) is 8.39. The van der Waals surface area contributed by atoms with Gasteiger partial charge < -0.3 is 10.1 Å². The Bertz CT molecular complexity index is 964. The Labute approximate surface area is 160 Å². The quantitative estimate of drug-likeness (QED) is 0.733. The van der Waals surface area contributed by atoms with Crippen LogP contribution in [0.3, 0.4) is 0 Å². The Hall–Kier alpha value is -2.49. The van der Waals surface area contributed by atoms with Crippen LogP contribution in [0.5, 0.6) is 0 Å². The van der Waals surface area contributed by atoms with Crippen molar-refractivity contribution in [3.05, 3.63) is 58.9 Å². The maximum atomic E-state index is 13.0. The van der Waals surface area contributed by atoms with Crippen LogP contribution in [-0.4, -0.2) is 45.3 Å². The van der Waals surface area contributed by atoms with Crippen molar-refractivity contribution >= 4 is 39.2 Å². The first-order valence-electron chi connectivity index (χ1n) is 7.55. The van der Waals surface area contributed by atoms with Gasteiger partial charge >= 0.3 is 5.97 Å². The molecule has 1 amide bonds. The summed E-state index contributed by atoms with van der Waals surface area (Å²) < 4.78 is 43.2. The molecule has 1 N–H and O–H groups in total. The summed E-state index contributed by atoms with van der Waals surface area (Å²) in [5.74, 6) is -1.86. The van der Waals surface area contributed by atoms with Crippen molar-refractivity contribution in [3.8, 4) is 0 Å². The number of methoxy groups -OCH3 is 1. The van der Waals surface area contributed by atoms with Gasteiger partial charge in [-0.3, -0.25) is 4.79 Å². The molecule has 0 atom stereocenters. The molecule has 0 aliphatic rings. The molecule has 2 aromatic carbocycles. The first kappa shape index (κ1) is 20.8. The first-order valence-corrected chi connectivity index (χ1v) is 9.36. The minimum Gasteiger partial charge on any atom is -0.465 e. The van der Waals surface area contributed by atoms with E-state index in [0.717, 1.165) is 28.6 Å². The van der Waals surface area contributed by atoms with E-state index in [4.69, 9.17) is 11.6 Å². The number of esters is 1. The summed E-state index contributed by atoms with van der Waals surface area (Å²) in [5.41, 5.74) is 0.307. The second-order valence-corrected chi connectivity index (χ2v) is 7.90. The van der Waals surface area contributed by atoms with E-state index >= 15 is 0 Å². The summed E-state index contributed by atoms with van der Waals surface area (Å²) in [6.45, 7) is -0.515. The molecule has 7 nitrogen and oxygen atoms in total. The molecule has 2 aromatic rings. The third kappa shape index (κ3) is 5.03. The van der Waals surface area contributed by atoms with E-state index in [9.17, 15) is 22.4 Å². The largest absolute Gasteiger partial charge is 0.465 e. The maximum Gasteiger partial charge on any atom is 0.337 e. The third-order valence-electron chi connectivity index (χ3n) is 3.55. The molecule has 0 heterocycles. The topological polar surface area (TPSA) is 92.8 Å². The van der Waals surface area contributed by atoms with Crippen LogP contribution in [-0.2, 0) is 19.6 Å². The Morgan fingerprint density at radius 1 is 1.19 bits per heavy atom. The average Bonchev–Trinajstić information content (AvgIpc) is 2.63. The van der Waals surface area contributed by atoms with Crippen molar-refractivity contribution in [2.45, 2.75) is 4.90 Å². The standard InChI is InChI=1S/C17H16ClFN2O5S/c1-21(27(24,25)13-6-4-12(19)5-7-13)10-16(22)20-15-9-11(17(23)26-2)3-8-14(15)18/h3-9H,10H2,1-2H3,(H,20,22). The van der Waals surface area contributed by atoms with Gasteiger partial charge in [0.15, 0.2) is 0 Å². The van der Waals surface area contributed by atoms with Crippen molar-refractivity contribution in [2.24, 2.45) is 0 Å². The number of hydrogen-bond donors (Lipinski definition) is 1. The molecule has 10 heteroatoms. The Kier molecular flexibility index (Phi) is 6.53. The molecule has 0 saturated heterocycles. The van der Waals surface area contributed by atoms with Gasteiger partial charge in [0.25, 0.3) is 0 Å². The number of ether oxygens (including phenoxy) is 1. The van der Waals surface area contributed by atoms with Crippen molar-refractivity contribution < 1.29 is 27.1 Å². The molecule has 0 aliphatic carbocycles. The summed E-state index contributed by atoms with van der Waals surface area (Å²) in [4.78, 5) is 23.6. The first-order chi connectivity index (χ1) is 12.6. The lowest BCUT2D eigenvalue weighted by Crippen LogP contribution is -2.35. The van der Waals surface area contributed by atoms with Crippen molar-refractivity contribution in [2.75, 3.05) is 26.0 Å². The zero-order valence-electron chi connectivity index (χ0n) is 14.4. The highest BCUT2D eigenvalue weighted by Gasteiger charge is 2.23. The molecule has 2 rings (SSSR count). The summed E-state index contributed by atoms with van der Waals surface area (Å²) in [5, 5.41) is 2.62. The molecule has 0 radical (unpaired) electrons. The number of hydrogen-bond acceptors (Lipinski definition) is 5. The average molecular weight is 415 g/mol. The van der Waals surface area contributed by atoms with E-state index in [1.165, 1.54) is 32.4 Å². The predicted octanol–water partition coefficient (Wildman–Crippen LogP) is 2.52. The van der Waals surface area contributed by atoms with Gasteiger partial charge in [-0.2, -0.15) is 4.31 Å². The Morgan fingerprint density at radius 2 is 1.81 bits per heavy atom. The highest BCUT2D eigenvalue weighted by Crippen LogP contribution is 2.23. The molecule has 144 valence electrons. The van der Waals surface area contributed by atoms with Crippen LogP contribution in [0.1, 0.15) is 10.4 Å². The summed E-state index contributed by atoms with van der Waals surface area (Å²) >= 11 is 5.99. The van der Waals surface area contributed by atoms with Crippen LogP contribution in [0.25, 0.3) is 0 Å². The van der Waals surface area contributed by atoms with Crippen LogP contribution in [0.15, 0.2) is 47.4 Å². The van der Waals surface area contributed by atoms with E-state index in [1.807, 2.05) is 0 Å². The number of rotatable bonds is 6. The van der Waals surface area contributed by atoms with Crippen molar-refractivity contribution in [3.63, 3.8) is 0 Å². The minimum atomic E-state index is -3.98. The van der Waals surface area contributed by atoms with Crippen LogP contribution >= 0.6 is 11.6 Å². The number of carbonyl (C=O) groups excluding carboxylic acids is 2. The number of nitrogens with one attached hydrogen (secondary N) is 1. The van der Waals surface area contributed by atoms with Gasteiger partial charge in [-0.05, 0) is 42.5 Å². The van der Waals surface area contributed by atoms with E-state index in [-0.39, 0.29) is 21.2 Å². The molecule has 0 spiro atoms. The van der Waals surface area contributed by atoms with Gasteiger partial charge in [0.2, 0.25) is 15.9 Å². The van der Waals surface area contributed by atoms with E-state index in [0.29, 0.717) is 0 Å². The highest BCUT2D eigenvalue weighted by molar-refractivity contribution is 7.89. The number of anilines is 1. The maximum absolute atomic E-state index is 13.0. The monoisotopic (exact) mass is 414 g/mol. The van der Waals surface area contributed by atoms with E-state index < -0.39 is 34.3 Å². The number of carbonyl (C=O) groups is 2. The smallest absolute Gasteiger partial charge is 0.337 e. The lowest BCUT2D eigenvalue weighted by molar-refractivity contribution is -0.116. The van der Waals surface area contributed by atoms with Gasteiger partial charge in [-0.15, -0.1) is 0 Å². The molecule has 0 saturated carbocycles. The SMILES string of the molecule is COC(=O)c1ccc(Cl)c(NC(=O)CN(C)S(=O)(=O)c2ccc(F)cc2)c1. The molecular weight excluding hydrogens is 399 g/mol. The fourth-order valence-corrected chi connectivity index (χ4v) is 3.42. The van der Waals surface area contributed by atoms with Gasteiger partial charge in [0.1, 0.15) is 5.82 Å². The molecule has 0 aliphatic heterocycles. The van der Waals surface area contributed by atoms with Crippen LogP contribution < -0.4 is 5.32 Å². The van der Waals surface area contributed by atoms with Gasteiger partial charge in [-0.25, -0.2) is 17.6 Å². The molecule has 0 aromatic heterocycles. The number of nitrogens with zero attached hydrogens (tertiary/aromatic N) is 1. The van der Waals surface area contributed by atoms with E-state index in [1.54, 1.807) is 0 Å². The second-order valence-electron chi connectivity index (χ2n) is 5.45. The second kappa shape index (κ2) is 8.47. The number of likely N-dealkylation sites (N-methyl/N-ethyl adjacent to an activating group) is 1. The third-order valence-corrected chi connectivity index (χ3v) is 5.70. The lowest BCUT2D eigenvalue weighted by Gasteiger charge is -2.17. The fraction of sp³-hybridized carbons (Fsp3) is 0.176. The van der Waals surface area contributed by atoms with E-state index in [2.05, 4.69) is 10.1 Å². The zero-order chi connectivity index (χ0) is 20.2. The molecule has 27 heavy (non-hydrogen) atoms. The van der Waals surface area contributed by atoms with Crippen LogP contribution in [0.2, 0.25) is 5.02 Å². The highest BCUT2D eigenvalue weighted by atomic mass is 35.5. The van der Waals surface area contributed by atoms with Gasteiger partial charge in [0.05, 0.1) is 34.8 Å². The van der Waals surface area contributed by atoms with Crippen LogP contribution in [0, 0.1) is 5.82 Å². The zero-order valence-corrected chi connectivity index (χ0v) is 16.0. The number of sulfonamides is 1.